The summed E-state index contributed by atoms with van der Waals surface area (Å²) in [5.74, 6) is -1.18. The molecule has 0 saturated carbocycles. The van der Waals surface area contributed by atoms with E-state index in [1.54, 1.807) is 6.92 Å². The number of hydrogen-bond donors (Lipinski definition) is 2. The fourth-order valence-corrected chi connectivity index (χ4v) is 2.97. The highest BCUT2D eigenvalue weighted by atomic mass is 19.4. The van der Waals surface area contributed by atoms with Gasteiger partial charge in [0, 0.05) is 18.7 Å². The monoisotopic (exact) mass is 490 g/mol. The number of rotatable bonds is 9. The molecule has 2 N–H and O–H groups in total. The van der Waals surface area contributed by atoms with E-state index < -0.39 is 41.0 Å². The van der Waals surface area contributed by atoms with Crippen LogP contribution in [0.5, 0.6) is 0 Å². The number of carbonyl (C=O) groups excluding carboxylic acids is 2. The van der Waals surface area contributed by atoms with E-state index in [2.05, 4.69) is 10.6 Å². The molecular weight excluding hydrogens is 466 g/mol. The van der Waals surface area contributed by atoms with E-state index >= 15 is 0 Å². The molecule has 0 saturated heterocycles. The van der Waals surface area contributed by atoms with Crippen LogP contribution >= 0.6 is 0 Å². The van der Waals surface area contributed by atoms with Crippen LogP contribution in [0, 0.1) is 5.92 Å². The third-order valence-corrected chi connectivity index (χ3v) is 4.82. The van der Waals surface area contributed by atoms with E-state index in [9.17, 15) is 35.9 Å². The van der Waals surface area contributed by atoms with E-state index in [1.807, 2.05) is 30.3 Å². The van der Waals surface area contributed by atoms with Crippen molar-refractivity contribution in [3.63, 3.8) is 0 Å². The van der Waals surface area contributed by atoms with Crippen LogP contribution in [0.25, 0.3) is 0 Å². The quantitative estimate of drug-likeness (QED) is 0.345. The standard InChI is InChI=1S/C23H24F6N2O3/c1-15(6-5-9-30-21(33)34-14-16-7-3-2-4-8-16)13-31-20(32)17-10-18(22(24,25)26)12-19(11-17)23(27,28)29/h2-4,7-8,10-12,15H,5-6,9,13-14H2,1H3,(H,30,33)(H,31,32)/t15-/m0/s1. The van der Waals surface area contributed by atoms with E-state index in [1.165, 1.54) is 0 Å². The maximum atomic E-state index is 12.9. The molecule has 0 aliphatic rings. The first kappa shape index (κ1) is 27.0. The van der Waals surface area contributed by atoms with E-state index in [0.717, 1.165) is 5.56 Å². The number of ether oxygens (including phenoxy) is 1. The lowest BCUT2D eigenvalue weighted by Crippen LogP contribution is -2.30. The molecule has 2 aromatic carbocycles. The molecule has 2 rings (SSSR count). The van der Waals surface area contributed by atoms with Gasteiger partial charge in [-0.1, -0.05) is 37.3 Å². The Hall–Kier alpha value is -3.24. The molecule has 2 amide bonds. The summed E-state index contributed by atoms with van der Waals surface area (Å²) < 4.78 is 82.7. The molecule has 0 heterocycles. The Balaban J connectivity index is 1.77. The van der Waals surface area contributed by atoms with Crippen LogP contribution < -0.4 is 10.6 Å². The second-order valence-corrected chi connectivity index (χ2v) is 7.74. The molecule has 0 spiro atoms. The number of halogens is 6. The Morgan fingerprint density at radius 3 is 2.06 bits per heavy atom. The van der Waals surface area contributed by atoms with Gasteiger partial charge in [0.05, 0.1) is 11.1 Å². The molecule has 2 aromatic rings. The average molecular weight is 490 g/mol. The molecule has 5 nitrogen and oxygen atoms in total. The fourth-order valence-electron chi connectivity index (χ4n) is 2.97. The summed E-state index contributed by atoms with van der Waals surface area (Å²) in [6.07, 6.45) is -9.58. The van der Waals surface area contributed by atoms with Gasteiger partial charge < -0.3 is 15.4 Å². The lowest BCUT2D eigenvalue weighted by molar-refractivity contribution is -0.143. The SMILES string of the molecule is C[C@@H](CCCNC(=O)OCc1ccccc1)CNC(=O)c1cc(C(F)(F)F)cc(C(F)(F)F)c1. The van der Waals surface area contributed by atoms with Gasteiger partial charge >= 0.3 is 18.4 Å². The van der Waals surface area contributed by atoms with E-state index in [0.29, 0.717) is 31.5 Å². The van der Waals surface area contributed by atoms with Crippen molar-refractivity contribution in [2.24, 2.45) is 5.92 Å². The van der Waals surface area contributed by atoms with Crippen LogP contribution in [-0.2, 0) is 23.7 Å². The zero-order chi connectivity index (χ0) is 25.4. The van der Waals surface area contributed by atoms with E-state index in [4.69, 9.17) is 4.74 Å². The Bertz CT molecular complexity index is 929. The first-order valence-corrected chi connectivity index (χ1v) is 10.4. The van der Waals surface area contributed by atoms with Crippen molar-refractivity contribution in [1.82, 2.24) is 10.6 Å². The summed E-state index contributed by atoms with van der Waals surface area (Å²) >= 11 is 0. The predicted octanol–water partition coefficient (Wildman–Crippen LogP) is 5.80. The van der Waals surface area contributed by atoms with Crippen molar-refractivity contribution >= 4 is 12.0 Å². The highest BCUT2D eigenvalue weighted by Gasteiger charge is 2.37. The third-order valence-electron chi connectivity index (χ3n) is 4.82. The summed E-state index contributed by atoms with van der Waals surface area (Å²) in [7, 11) is 0. The molecule has 0 aliphatic carbocycles. The van der Waals surface area contributed by atoms with Gasteiger partial charge in [-0.2, -0.15) is 26.3 Å². The van der Waals surface area contributed by atoms with Gasteiger partial charge in [0.2, 0.25) is 0 Å². The molecule has 11 heteroatoms. The van der Waals surface area contributed by atoms with Crippen LogP contribution in [0.1, 0.15) is 46.8 Å². The number of nitrogens with one attached hydrogen (secondary N) is 2. The van der Waals surface area contributed by atoms with Crippen LogP contribution in [0.15, 0.2) is 48.5 Å². The molecule has 34 heavy (non-hydrogen) atoms. The van der Waals surface area contributed by atoms with Crippen LogP contribution in [0.3, 0.4) is 0 Å². The van der Waals surface area contributed by atoms with Gasteiger partial charge in [0.1, 0.15) is 6.61 Å². The van der Waals surface area contributed by atoms with Crippen LogP contribution in [-0.4, -0.2) is 25.1 Å². The maximum Gasteiger partial charge on any atom is 0.416 e. The molecule has 0 fully saturated rings. The summed E-state index contributed by atoms with van der Waals surface area (Å²) in [6.45, 7) is 2.21. The van der Waals surface area contributed by atoms with E-state index in [-0.39, 0.29) is 25.1 Å². The number of benzene rings is 2. The van der Waals surface area contributed by atoms with Gasteiger partial charge in [-0.3, -0.25) is 4.79 Å². The summed E-state index contributed by atoms with van der Waals surface area (Å²) in [4.78, 5) is 23.9. The highest BCUT2D eigenvalue weighted by molar-refractivity contribution is 5.94. The largest absolute Gasteiger partial charge is 0.445 e. The molecule has 0 aromatic heterocycles. The first-order chi connectivity index (χ1) is 15.9. The zero-order valence-electron chi connectivity index (χ0n) is 18.2. The smallest absolute Gasteiger partial charge is 0.416 e. The lowest BCUT2D eigenvalue weighted by Gasteiger charge is -2.16. The Kier molecular flexibility index (Phi) is 9.34. The molecule has 0 bridgehead atoms. The number of amides is 2. The van der Waals surface area contributed by atoms with Crippen molar-refractivity contribution in [2.45, 2.75) is 38.7 Å². The van der Waals surface area contributed by atoms with Gasteiger partial charge in [0.25, 0.3) is 5.91 Å². The van der Waals surface area contributed by atoms with Gasteiger partial charge in [0.15, 0.2) is 0 Å². The average Bonchev–Trinajstić information content (AvgIpc) is 2.78. The number of alkyl halides is 6. The van der Waals surface area contributed by atoms with Crippen molar-refractivity contribution in [2.75, 3.05) is 13.1 Å². The second kappa shape index (κ2) is 11.8. The summed E-state index contributed by atoms with van der Waals surface area (Å²) in [6, 6.07) is 9.85. The minimum atomic E-state index is -5.03. The Morgan fingerprint density at radius 1 is 0.912 bits per heavy atom. The lowest BCUT2D eigenvalue weighted by atomic mass is 10.0. The number of hydrogen-bond acceptors (Lipinski definition) is 3. The minimum absolute atomic E-state index is 0.0305. The molecule has 1 atom stereocenters. The number of alkyl carbamates (subject to hydrolysis) is 1. The third kappa shape index (κ3) is 8.95. The van der Waals surface area contributed by atoms with Gasteiger partial charge in [-0.15, -0.1) is 0 Å². The van der Waals surface area contributed by atoms with Crippen LogP contribution in [0.2, 0.25) is 0 Å². The molecule has 0 radical (unpaired) electrons. The zero-order valence-corrected chi connectivity index (χ0v) is 18.2. The van der Waals surface area contributed by atoms with Gasteiger partial charge in [-0.25, -0.2) is 4.79 Å². The van der Waals surface area contributed by atoms with Crippen molar-refractivity contribution in [3.05, 3.63) is 70.8 Å². The second-order valence-electron chi connectivity index (χ2n) is 7.74. The fraction of sp³-hybridized carbons (Fsp3) is 0.391. The maximum absolute atomic E-state index is 12.9. The Labute approximate surface area is 192 Å². The topological polar surface area (TPSA) is 67.4 Å². The minimum Gasteiger partial charge on any atom is -0.445 e. The van der Waals surface area contributed by atoms with Crippen LogP contribution in [0.4, 0.5) is 31.1 Å². The Morgan fingerprint density at radius 2 is 1.50 bits per heavy atom. The molecule has 0 unspecified atom stereocenters. The highest BCUT2D eigenvalue weighted by Crippen LogP contribution is 2.36. The van der Waals surface area contributed by atoms with Crippen molar-refractivity contribution in [1.29, 1.82) is 0 Å². The normalized spacial score (nSPS) is 12.7. The molecular formula is C23H24F6N2O3. The molecule has 186 valence electrons. The molecule has 0 aliphatic heterocycles. The summed E-state index contributed by atoms with van der Waals surface area (Å²) in [5, 5.41) is 4.94. The van der Waals surface area contributed by atoms with Crippen molar-refractivity contribution < 1.29 is 40.7 Å². The van der Waals surface area contributed by atoms with Crippen molar-refractivity contribution in [3.8, 4) is 0 Å². The van der Waals surface area contributed by atoms with Gasteiger partial charge in [-0.05, 0) is 42.5 Å². The summed E-state index contributed by atoms with van der Waals surface area (Å²) in [5.41, 5.74) is -2.99. The first-order valence-electron chi connectivity index (χ1n) is 10.4. The number of carbonyl (C=O) groups is 2. The predicted molar refractivity (Wildman–Crippen MR) is 112 cm³/mol.